The van der Waals surface area contributed by atoms with Crippen LogP contribution in [-0.4, -0.2) is 40.1 Å². The van der Waals surface area contributed by atoms with Gasteiger partial charge in [0.1, 0.15) is 0 Å². The van der Waals surface area contributed by atoms with Crippen LogP contribution < -0.4 is 0 Å². The summed E-state index contributed by atoms with van der Waals surface area (Å²) in [6.45, 7) is 8.23. The molecule has 0 spiro atoms. The van der Waals surface area contributed by atoms with E-state index in [-0.39, 0.29) is 11.9 Å². The van der Waals surface area contributed by atoms with Crippen LogP contribution >= 0.6 is 0 Å². The van der Waals surface area contributed by atoms with Crippen LogP contribution in [0.15, 0.2) is 12.5 Å². The van der Waals surface area contributed by atoms with Gasteiger partial charge in [-0.3, -0.25) is 9.69 Å². The summed E-state index contributed by atoms with van der Waals surface area (Å²) in [5, 5.41) is 0. The lowest BCUT2D eigenvalue weighted by atomic mass is 9.98. The SMILES string of the molecule is CCCn1cncc1CN1CCC[C@@H](C(=O)OCC)C1. The zero-order chi connectivity index (χ0) is 14.4. The number of aryl methyl sites for hydroxylation is 1. The fourth-order valence-corrected chi connectivity index (χ4v) is 2.80. The third kappa shape index (κ3) is 3.82. The second-order valence-corrected chi connectivity index (χ2v) is 5.40. The molecule has 1 fully saturated rings. The van der Waals surface area contributed by atoms with Crippen molar-refractivity contribution in [3.63, 3.8) is 0 Å². The van der Waals surface area contributed by atoms with E-state index in [9.17, 15) is 4.79 Å². The van der Waals surface area contributed by atoms with Gasteiger partial charge < -0.3 is 9.30 Å². The zero-order valence-electron chi connectivity index (χ0n) is 12.5. The van der Waals surface area contributed by atoms with Crippen molar-refractivity contribution in [3.8, 4) is 0 Å². The van der Waals surface area contributed by atoms with Crippen molar-refractivity contribution in [2.75, 3.05) is 19.7 Å². The smallest absolute Gasteiger partial charge is 0.310 e. The summed E-state index contributed by atoms with van der Waals surface area (Å²) >= 11 is 0. The predicted octanol–water partition coefficient (Wildman–Crippen LogP) is 2.07. The Labute approximate surface area is 120 Å². The van der Waals surface area contributed by atoms with Crippen molar-refractivity contribution >= 4 is 5.97 Å². The number of piperidine rings is 1. The fraction of sp³-hybridized carbons (Fsp3) is 0.733. The minimum Gasteiger partial charge on any atom is -0.466 e. The Kier molecular flexibility index (Phi) is 5.59. The van der Waals surface area contributed by atoms with E-state index in [1.807, 2.05) is 19.4 Å². The van der Waals surface area contributed by atoms with E-state index < -0.39 is 0 Å². The van der Waals surface area contributed by atoms with Gasteiger partial charge in [0.25, 0.3) is 0 Å². The van der Waals surface area contributed by atoms with Gasteiger partial charge in [0, 0.05) is 25.8 Å². The number of carbonyl (C=O) groups is 1. The molecule has 20 heavy (non-hydrogen) atoms. The molecule has 1 aliphatic heterocycles. The number of hydrogen-bond acceptors (Lipinski definition) is 4. The summed E-state index contributed by atoms with van der Waals surface area (Å²) in [6, 6.07) is 0. The molecule has 1 aromatic rings. The first-order chi connectivity index (χ1) is 9.74. The predicted molar refractivity (Wildman–Crippen MR) is 77.2 cm³/mol. The highest BCUT2D eigenvalue weighted by molar-refractivity contribution is 5.72. The summed E-state index contributed by atoms with van der Waals surface area (Å²) in [4.78, 5) is 18.4. The summed E-state index contributed by atoms with van der Waals surface area (Å²) in [6.07, 6.45) is 6.94. The number of hydrogen-bond donors (Lipinski definition) is 0. The average molecular weight is 279 g/mol. The highest BCUT2D eigenvalue weighted by Gasteiger charge is 2.27. The maximum absolute atomic E-state index is 11.8. The Bertz CT molecular complexity index is 431. The van der Waals surface area contributed by atoms with Crippen LogP contribution in [0.5, 0.6) is 0 Å². The van der Waals surface area contributed by atoms with E-state index in [1.165, 1.54) is 5.69 Å². The molecule has 0 bridgehead atoms. The van der Waals surface area contributed by atoms with Gasteiger partial charge in [-0.15, -0.1) is 0 Å². The largest absolute Gasteiger partial charge is 0.466 e. The van der Waals surface area contributed by atoms with Crippen LogP contribution in [0.3, 0.4) is 0 Å². The second kappa shape index (κ2) is 7.43. The number of imidazole rings is 1. The number of aromatic nitrogens is 2. The Morgan fingerprint density at radius 2 is 2.35 bits per heavy atom. The summed E-state index contributed by atoms with van der Waals surface area (Å²) < 4.78 is 7.35. The summed E-state index contributed by atoms with van der Waals surface area (Å²) in [5.74, 6) is -0.00878. The van der Waals surface area contributed by atoms with E-state index in [0.29, 0.717) is 6.61 Å². The molecular formula is C15H25N3O2. The Balaban J connectivity index is 1.92. The van der Waals surface area contributed by atoms with Crippen molar-refractivity contribution < 1.29 is 9.53 Å². The van der Waals surface area contributed by atoms with Gasteiger partial charge in [0.2, 0.25) is 0 Å². The number of esters is 1. The highest BCUT2D eigenvalue weighted by atomic mass is 16.5. The van der Waals surface area contributed by atoms with E-state index >= 15 is 0 Å². The lowest BCUT2D eigenvalue weighted by molar-refractivity contribution is -0.150. The monoisotopic (exact) mass is 279 g/mol. The van der Waals surface area contributed by atoms with Crippen LogP contribution in [0, 0.1) is 5.92 Å². The molecule has 0 unspecified atom stereocenters. The number of carbonyl (C=O) groups excluding carboxylic acids is 1. The van der Waals surface area contributed by atoms with Gasteiger partial charge in [0.15, 0.2) is 0 Å². The van der Waals surface area contributed by atoms with Crippen LogP contribution in [0.2, 0.25) is 0 Å². The molecule has 2 rings (SSSR count). The Morgan fingerprint density at radius 3 is 3.10 bits per heavy atom. The van der Waals surface area contributed by atoms with Crippen molar-refractivity contribution in [2.45, 2.75) is 46.2 Å². The molecular weight excluding hydrogens is 254 g/mol. The van der Waals surface area contributed by atoms with Crippen molar-refractivity contribution in [3.05, 3.63) is 18.2 Å². The molecule has 1 aromatic heterocycles. The van der Waals surface area contributed by atoms with Crippen molar-refractivity contribution in [1.29, 1.82) is 0 Å². The first-order valence-corrected chi connectivity index (χ1v) is 7.62. The zero-order valence-corrected chi connectivity index (χ0v) is 12.5. The molecule has 112 valence electrons. The molecule has 1 aliphatic rings. The minimum atomic E-state index is -0.0423. The van der Waals surface area contributed by atoms with Gasteiger partial charge >= 0.3 is 5.97 Å². The van der Waals surface area contributed by atoms with Crippen LogP contribution in [0.4, 0.5) is 0 Å². The summed E-state index contributed by atoms with van der Waals surface area (Å²) in [5.41, 5.74) is 1.23. The molecule has 1 atom stereocenters. The highest BCUT2D eigenvalue weighted by Crippen LogP contribution is 2.19. The van der Waals surface area contributed by atoms with Gasteiger partial charge in [-0.25, -0.2) is 4.98 Å². The third-order valence-corrected chi connectivity index (χ3v) is 3.77. The number of nitrogens with zero attached hydrogens (tertiary/aromatic N) is 3. The van der Waals surface area contributed by atoms with Crippen LogP contribution in [0.1, 0.15) is 38.8 Å². The Hall–Kier alpha value is -1.36. The quantitative estimate of drug-likeness (QED) is 0.748. The van der Waals surface area contributed by atoms with Crippen LogP contribution in [-0.2, 0) is 22.6 Å². The maximum atomic E-state index is 11.8. The lowest BCUT2D eigenvalue weighted by Crippen LogP contribution is -2.39. The lowest BCUT2D eigenvalue weighted by Gasteiger charge is -2.31. The second-order valence-electron chi connectivity index (χ2n) is 5.40. The van der Waals surface area contributed by atoms with Gasteiger partial charge in [-0.05, 0) is 32.7 Å². The third-order valence-electron chi connectivity index (χ3n) is 3.77. The number of ether oxygens (including phenoxy) is 1. The van der Waals surface area contributed by atoms with Crippen molar-refractivity contribution in [2.24, 2.45) is 5.92 Å². The first kappa shape index (κ1) is 15.0. The van der Waals surface area contributed by atoms with Gasteiger partial charge in [0.05, 0.1) is 24.5 Å². The van der Waals surface area contributed by atoms with E-state index in [1.54, 1.807) is 0 Å². The van der Waals surface area contributed by atoms with Gasteiger partial charge in [-0.1, -0.05) is 6.92 Å². The first-order valence-electron chi connectivity index (χ1n) is 7.62. The fourth-order valence-electron chi connectivity index (χ4n) is 2.80. The average Bonchev–Trinajstić information content (AvgIpc) is 2.87. The number of rotatable bonds is 6. The van der Waals surface area contributed by atoms with Crippen molar-refractivity contribution in [1.82, 2.24) is 14.5 Å². The molecule has 1 saturated heterocycles. The topological polar surface area (TPSA) is 47.4 Å². The molecule has 0 aromatic carbocycles. The molecule has 0 aliphatic carbocycles. The Morgan fingerprint density at radius 1 is 1.50 bits per heavy atom. The maximum Gasteiger partial charge on any atom is 0.310 e. The normalized spacial score (nSPS) is 20.0. The van der Waals surface area contributed by atoms with Gasteiger partial charge in [-0.2, -0.15) is 0 Å². The van der Waals surface area contributed by atoms with E-state index in [2.05, 4.69) is 21.4 Å². The molecule has 2 heterocycles. The van der Waals surface area contributed by atoms with E-state index in [4.69, 9.17) is 4.74 Å². The molecule has 0 N–H and O–H groups in total. The molecule has 0 saturated carbocycles. The van der Waals surface area contributed by atoms with E-state index in [0.717, 1.165) is 45.4 Å². The molecule has 0 amide bonds. The number of likely N-dealkylation sites (tertiary alicyclic amines) is 1. The molecule has 5 heteroatoms. The minimum absolute atomic E-state index is 0.0336. The molecule has 5 nitrogen and oxygen atoms in total. The molecule has 0 radical (unpaired) electrons. The summed E-state index contributed by atoms with van der Waals surface area (Å²) in [7, 11) is 0. The van der Waals surface area contributed by atoms with Crippen LogP contribution in [0.25, 0.3) is 0 Å². The standard InChI is InChI=1S/C15H25N3O2/c1-3-7-18-12-16-9-14(18)11-17-8-5-6-13(10-17)15(19)20-4-2/h9,12-13H,3-8,10-11H2,1-2H3/t13-/m1/s1.